The van der Waals surface area contributed by atoms with Crippen molar-refractivity contribution in [2.24, 2.45) is 0 Å². The topological polar surface area (TPSA) is 46.8 Å². The molecule has 5 rings (SSSR count). The molecule has 1 fully saturated rings. The van der Waals surface area contributed by atoms with Crippen LogP contribution in [0.4, 0.5) is 4.39 Å². The number of fused-ring (bicyclic) bond motifs is 1. The van der Waals surface area contributed by atoms with Gasteiger partial charge < -0.3 is 9.64 Å². The van der Waals surface area contributed by atoms with E-state index in [2.05, 4.69) is 14.8 Å². The lowest BCUT2D eigenvalue weighted by atomic mass is 10.2. The number of rotatable bonds is 9. The van der Waals surface area contributed by atoms with Crippen molar-refractivity contribution in [2.45, 2.75) is 31.9 Å². The standard InChI is InChI=1S/C25H24FN3O2S/c26-20-8-6-19(7-9-20)23-14-29-22(17-32-25(29)27-23)12-13-28(21-10-11-21)24(30)16-31-15-18-4-2-1-3-5-18/h1-9,14,17,21H,10-13,15-16H2. The third-order valence-electron chi connectivity index (χ3n) is 5.68. The summed E-state index contributed by atoms with van der Waals surface area (Å²) in [5.41, 5.74) is 3.90. The van der Waals surface area contributed by atoms with Crippen molar-refractivity contribution < 1.29 is 13.9 Å². The molecule has 2 aromatic carbocycles. The first kappa shape index (κ1) is 20.8. The van der Waals surface area contributed by atoms with Gasteiger partial charge in [-0.1, -0.05) is 30.3 Å². The summed E-state index contributed by atoms with van der Waals surface area (Å²) >= 11 is 1.58. The normalized spacial score (nSPS) is 13.5. The Morgan fingerprint density at radius 3 is 2.69 bits per heavy atom. The number of nitrogens with zero attached hydrogens (tertiary/aromatic N) is 3. The summed E-state index contributed by atoms with van der Waals surface area (Å²) in [5, 5.41) is 2.10. The van der Waals surface area contributed by atoms with E-state index >= 15 is 0 Å². The maximum atomic E-state index is 13.2. The van der Waals surface area contributed by atoms with Crippen molar-refractivity contribution in [3.8, 4) is 11.3 Å². The minimum absolute atomic E-state index is 0.0486. The highest BCUT2D eigenvalue weighted by Crippen LogP contribution is 2.28. The van der Waals surface area contributed by atoms with E-state index in [0.29, 0.717) is 19.2 Å². The summed E-state index contributed by atoms with van der Waals surface area (Å²) in [5.74, 6) is -0.208. The van der Waals surface area contributed by atoms with Crippen molar-refractivity contribution in [1.82, 2.24) is 14.3 Å². The maximum absolute atomic E-state index is 13.2. The smallest absolute Gasteiger partial charge is 0.248 e. The molecule has 2 aromatic heterocycles. The molecule has 1 aliphatic carbocycles. The molecule has 0 atom stereocenters. The number of aromatic nitrogens is 2. The van der Waals surface area contributed by atoms with Gasteiger partial charge in [-0.3, -0.25) is 9.20 Å². The molecule has 0 aliphatic heterocycles. The molecule has 2 heterocycles. The summed E-state index contributed by atoms with van der Waals surface area (Å²) in [6, 6.07) is 16.6. The Morgan fingerprint density at radius 2 is 1.94 bits per heavy atom. The number of benzene rings is 2. The Hall–Kier alpha value is -3.03. The molecule has 0 N–H and O–H groups in total. The quantitative estimate of drug-likeness (QED) is 0.363. The van der Waals surface area contributed by atoms with Crippen molar-refractivity contribution in [3.63, 3.8) is 0 Å². The molecule has 0 radical (unpaired) electrons. The number of imidazole rings is 1. The lowest BCUT2D eigenvalue weighted by molar-refractivity contribution is -0.137. The molecule has 4 aromatic rings. The number of amides is 1. The molecule has 1 saturated carbocycles. The number of hydrogen-bond donors (Lipinski definition) is 0. The van der Waals surface area contributed by atoms with Crippen LogP contribution in [0.5, 0.6) is 0 Å². The second kappa shape index (κ2) is 9.22. The SMILES string of the molecule is O=C(COCc1ccccc1)N(CCc1csc2nc(-c3ccc(F)cc3)cn12)C1CC1. The van der Waals surface area contributed by atoms with E-state index in [0.717, 1.165) is 46.7 Å². The fourth-order valence-electron chi connectivity index (χ4n) is 3.81. The van der Waals surface area contributed by atoms with Crippen LogP contribution in [-0.2, 0) is 22.6 Å². The molecular weight excluding hydrogens is 425 g/mol. The zero-order chi connectivity index (χ0) is 21.9. The molecule has 0 saturated heterocycles. The summed E-state index contributed by atoms with van der Waals surface area (Å²) in [7, 11) is 0. The van der Waals surface area contributed by atoms with Gasteiger partial charge in [0.1, 0.15) is 12.4 Å². The van der Waals surface area contributed by atoms with Gasteiger partial charge in [0.15, 0.2) is 4.96 Å². The van der Waals surface area contributed by atoms with E-state index in [1.54, 1.807) is 23.5 Å². The predicted octanol–water partition coefficient (Wildman–Crippen LogP) is 4.95. The fourth-order valence-corrected chi connectivity index (χ4v) is 4.72. The van der Waals surface area contributed by atoms with Crippen molar-refractivity contribution >= 4 is 22.2 Å². The molecule has 1 aliphatic rings. The minimum Gasteiger partial charge on any atom is -0.367 e. The van der Waals surface area contributed by atoms with Gasteiger partial charge >= 0.3 is 0 Å². The molecule has 164 valence electrons. The highest BCUT2D eigenvalue weighted by atomic mass is 32.1. The molecule has 0 bridgehead atoms. The zero-order valence-corrected chi connectivity index (χ0v) is 18.4. The van der Waals surface area contributed by atoms with E-state index in [4.69, 9.17) is 4.74 Å². The molecule has 1 amide bonds. The van der Waals surface area contributed by atoms with Gasteiger partial charge in [0.2, 0.25) is 5.91 Å². The van der Waals surface area contributed by atoms with Gasteiger partial charge in [-0.2, -0.15) is 0 Å². The van der Waals surface area contributed by atoms with Crippen molar-refractivity contribution in [3.05, 3.63) is 83.2 Å². The molecular formula is C25H24FN3O2S. The van der Waals surface area contributed by atoms with E-state index in [1.165, 1.54) is 12.1 Å². The zero-order valence-electron chi connectivity index (χ0n) is 17.6. The van der Waals surface area contributed by atoms with Crippen LogP contribution in [0.25, 0.3) is 16.2 Å². The van der Waals surface area contributed by atoms with E-state index in [1.807, 2.05) is 41.4 Å². The third kappa shape index (κ3) is 4.74. The van der Waals surface area contributed by atoms with Crippen LogP contribution in [0.1, 0.15) is 24.1 Å². The third-order valence-corrected chi connectivity index (χ3v) is 6.57. The van der Waals surface area contributed by atoms with E-state index in [9.17, 15) is 9.18 Å². The van der Waals surface area contributed by atoms with Gasteiger partial charge in [-0.15, -0.1) is 11.3 Å². The van der Waals surface area contributed by atoms with Crippen molar-refractivity contribution in [2.75, 3.05) is 13.2 Å². The number of halogens is 1. The van der Waals surface area contributed by atoms with Gasteiger partial charge in [0, 0.05) is 41.8 Å². The molecule has 0 spiro atoms. The average Bonchev–Trinajstić information content (AvgIpc) is 3.44. The fraction of sp³-hybridized carbons (Fsp3) is 0.280. The van der Waals surface area contributed by atoms with Crippen LogP contribution in [-0.4, -0.2) is 39.4 Å². The Labute approximate surface area is 190 Å². The van der Waals surface area contributed by atoms with Gasteiger partial charge in [-0.05, 0) is 42.7 Å². The Morgan fingerprint density at radius 1 is 1.16 bits per heavy atom. The van der Waals surface area contributed by atoms with E-state index < -0.39 is 0 Å². The lowest BCUT2D eigenvalue weighted by Crippen LogP contribution is -2.37. The molecule has 32 heavy (non-hydrogen) atoms. The van der Waals surface area contributed by atoms with Crippen LogP contribution >= 0.6 is 11.3 Å². The number of ether oxygens (including phenoxy) is 1. The maximum Gasteiger partial charge on any atom is 0.248 e. The Balaban J connectivity index is 1.22. The minimum atomic E-state index is -0.256. The number of thiazole rings is 1. The van der Waals surface area contributed by atoms with Crippen LogP contribution in [0, 0.1) is 5.82 Å². The largest absolute Gasteiger partial charge is 0.367 e. The predicted molar refractivity (Wildman–Crippen MR) is 123 cm³/mol. The van der Waals surface area contributed by atoms with Crippen LogP contribution in [0.3, 0.4) is 0 Å². The summed E-state index contributed by atoms with van der Waals surface area (Å²) in [6.07, 6.45) is 4.85. The van der Waals surface area contributed by atoms with E-state index in [-0.39, 0.29) is 18.3 Å². The van der Waals surface area contributed by atoms with Gasteiger partial charge in [0.25, 0.3) is 0 Å². The summed E-state index contributed by atoms with van der Waals surface area (Å²) in [6.45, 7) is 1.20. The number of carbonyl (C=O) groups is 1. The summed E-state index contributed by atoms with van der Waals surface area (Å²) < 4.78 is 21.0. The Kier molecular flexibility index (Phi) is 6.01. The van der Waals surface area contributed by atoms with Crippen LogP contribution in [0.2, 0.25) is 0 Å². The average molecular weight is 450 g/mol. The lowest BCUT2D eigenvalue weighted by Gasteiger charge is -2.22. The first-order valence-corrected chi connectivity index (χ1v) is 11.7. The Bertz CT molecular complexity index is 1200. The monoisotopic (exact) mass is 449 g/mol. The molecule has 7 heteroatoms. The van der Waals surface area contributed by atoms with Gasteiger partial charge in [0.05, 0.1) is 12.3 Å². The molecule has 0 unspecified atom stereocenters. The van der Waals surface area contributed by atoms with Crippen LogP contribution < -0.4 is 0 Å². The van der Waals surface area contributed by atoms with Crippen LogP contribution in [0.15, 0.2) is 66.2 Å². The first-order valence-electron chi connectivity index (χ1n) is 10.8. The summed E-state index contributed by atoms with van der Waals surface area (Å²) in [4.78, 5) is 20.3. The molecule has 5 nitrogen and oxygen atoms in total. The number of carbonyl (C=O) groups excluding carboxylic acids is 1. The highest BCUT2D eigenvalue weighted by molar-refractivity contribution is 7.15. The first-order chi connectivity index (χ1) is 15.7. The number of hydrogen-bond acceptors (Lipinski definition) is 4. The second-order valence-corrected chi connectivity index (χ2v) is 8.90. The van der Waals surface area contributed by atoms with Gasteiger partial charge in [-0.25, -0.2) is 9.37 Å². The highest BCUT2D eigenvalue weighted by Gasteiger charge is 2.32. The van der Waals surface area contributed by atoms with Crippen molar-refractivity contribution in [1.29, 1.82) is 0 Å². The second-order valence-electron chi connectivity index (χ2n) is 8.06.